The molecule has 1 aliphatic heterocycles. The molecule has 0 aromatic heterocycles. The number of fused-ring (bicyclic) bond motifs is 3. The Morgan fingerprint density at radius 3 is 2.45 bits per heavy atom. The van der Waals surface area contributed by atoms with E-state index >= 15 is 0 Å². The van der Waals surface area contributed by atoms with Gasteiger partial charge in [-0.2, -0.15) is 0 Å². The molecule has 2 aliphatic carbocycles. The van der Waals surface area contributed by atoms with Gasteiger partial charge in [0.25, 0.3) is 0 Å². The Morgan fingerprint density at radius 2 is 1.79 bits per heavy atom. The van der Waals surface area contributed by atoms with Crippen LogP contribution in [0.3, 0.4) is 0 Å². The zero-order chi connectivity index (χ0) is 27.5. The molecule has 3 aliphatic rings. The number of aliphatic hydroxyl groups excluding tert-OH is 2. The summed E-state index contributed by atoms with van der Waals surface area (Å²) in [5, 5.41) is 54.1. The van der Waals surface area contributed by atoms with Crippen molar-refractivity contribution in [2.24, 2.45) is 5.92 Å². The normalized spacial score (nSPS) is 30.4. The standard InChI is InChI=1S/C28H32O10/c1-12-9-18(37-13(2)23(12)30)38-17-11-28(35,7-8-29)10-15-20(17)27(34)22-21(25(15)32)24(31)14-5-4-6-16(36-3)19(14)26(22)33/h4-6,12-13,17-18,23,29-30,32,34-35H,7-11H2,1-3H3/t12-,13?,17+,18+,23+,28+/m1/s1. The third-order valence-electron chi connectivity index (χ3n) is 8.04. The fourth-order valence-corrected chi connectivity index (χ4v) is 6.06. The second-order valence-electron chi connectivity index (χ2n) is 10.6. The average molecular weight is 529 g/mol. The Hall–Kier alpha value is -3.02. The van der Waals surface area contributed by atoms with Crippen LogP contribution in [0.25, 0.3) is 0 Å². The maximum absolute atomic E-state index is 13.7. The molecule has 0 spiro atoms. The second kappa shape index (κ2) is 9.62. The molecule has 5 N–H and O–H groups in total. The van der Waals surface area contributed by atoms with Gasteiger partial charge in [0.2, 0.25) is 5.78 Å². The van der Waals surface area contributed by atoms with Gasteiger partial charge in [0.15, 0.2) is 12.1 Å². The number of carbonyl (C=O) groups excluding carboxylic acids is 2. The molecule has 0 bridgehead atoms. The summed E-state index contributed by atoms with van der Waals surface area (Å²) >= 11 is 0. The fraction of sp³-hybridized carbons (Fsp3) is 0.500. The number of aliphatic hydroxyl groups is 3. The van der Waals surface area contributed by atoms with E-state index in [1.165, 1.54) is 19.2 Å². The predicted molar refractivity (Wildman–Crippen MR) is 133 cm³/mol. The summed E-state index contributed by atoms with van der Waals surface area (Å²) in [5.41, 5.74) is -2.07. The highest BCUT2D eigenvalue weighted by molar-refractivity contribution is 6.31. The van der Waals surface area contributed by atoms with Gasteiger partial charge >= 0.3 is 0 Å². The van der Waals surface area contributed by atoms with Crippen LogP contribution in [-0.2, 0) is 15.9 Å². The van der Waals surface area contributed by atoms with Crippen LogP contribution >= 0.6 is 0 Å². The SMILES string of the molecule is COc1cccc2c1C(=O)c1c(O)c3c(c(O)c1C2=O)C[C@@](O)(CCO)C[C@@H]3O[C@H]1C[C@@H](C)[C@H](O)C(C)O1. The van der Waals surface area contributed by atoms with Crippen LogP contribution in [0.5, 0.6) is 17.2 Å². The van der Waals surface area contributed by atoms with Crippen LogP contribution in [0.15, 0.2) is 18.2 Å². The molecule has 10 heteroatoms. The smallest absolute Gasteiger partial charge is 0.202 e. The molecule has 0 radical (unpaired) electrons. The lowest BCUT2D eigenvalue weighted by Crippen LogP contribution is -2.45. The molecule has 5 rings (SSSR count). The topological polar surface area (TPSA) is 163 Å². The van der Waals surface area contributed by atoms with E-state index in [0.717, 1.165) is 0 Å². The maximum atomic E-state index is 13.7. The lowest BCUT2D eigenvalue weighted by Gasteiger charge is -2.43. The van der Waals surface area contributed by atoms with E-state index in [1.807, 2.05) is 6.92 Å². The van der Waals surface area contributed by atoms with Gasteiger partial charge in [-0.1, -0.05) is 19.1 Å². The number of aromatic hydroxyl groups is 2. The molecule has 0 amide bonds. The Morgan fingerprint density at radius 1 is 1.08 bits per heavy atom. The molecule has 38 heavy (non-hydrogen) atoms. The van der Waals surface area contributed by atoms with Crippen molar-refractivity contribution in [2.45, 2.75) is 69.7 Å². The van der Waals surface area contributed by atoms with E-state index in [1.54, 1.807) is 13.0 Å². The van der Waals surface area contributed by atoms with Gasteiger partial charge in [-0.3, -0.25) is 9.59 Å². The highest BCUT2D eigenvalue weighted by atomic mass is 16.7. The largest absolute Gasteiger partial charge is 0.507 e. The van der Waals surface area contributed by atoms with Crippen molar-refractivity contribution >= 4 is 11.6 Å². The summed E-state index contributed by atoms with van der Waals surface area (Å²) < 4.78 is 17.4. The highest BCUT2D eigenvalue weighted by Crippen LogP contribution is 2.53. The van der Waals surface area contributed by atoms with Crippen molar-refractivity contribution in [3.63, 3.8) is 0 Å². The third-order valence-corrected chi connectivity index (χ3v) is 8.04. The molecule has 1 saturated heterocycles. The first kappa shape index (κ1) is 26.6. The van der Waals surface area contributed by atoms with Gasteiger partial charge in [0, 0.05) is 42.6 Å². The molecule has 204 valence electrons. The highest BCUT2D eigenvalue weighted by Gasteiger charge is 2.47. The quantitative estimate of drug-likeness (QED) is 0.310. The van der Waals surface area contributed by atoms with Crippen molar-refractivity contribution in [2.75, 3.05) is 13.7 Å². The van der Waals surface area contributed by atoms with E-state index in [4.69, 9.17) is 14.2 Å². The Kier molecular flexibility index (Phi) is 6.73. The number of methoxy groups -OCH3 is 1. The van der Waals surface area contributed by atoms with Crippen LogP contribution in [0.4, 0.5) is 0 Å². The van der Waals surface area contributed by atoms with E-state index < -0.39 is 53.3 Å². The van der Waals surface area contributed by atoms with Crippen molar-refractivity contribution in [1.29, 1.82) is 0 Å². The van der Waals surface area contributed by atoms with Crippen molar-refractivity contribution in [1.82, 2.24) is 0 Å². The Labute approximate surface area is 219 Å². The van der Waals surface area contributed by atoms with Crippen molar-refractivity contribution in [3.05, 3.63) is 51.6 Å². The van der Waals surface area contributed by atoms with Crippen LogP contribution in [0.2, 0.25) is 0 Å². The molecule has 0 saturated carbocycles. The minimum atomic E-state index is -1.53. The first-order valence-corrected chi connectivity index (χ1v) is 12.7. The molecule has 6 atom stereocenters. The number of hydrogen-bond acceptors (Lipinski definition) is 10. The zero-order valence-electron chi connectivity index (χ0n) is 21.4. The van der Waals surface area contributed by atoms with E-state index in [9.17, 15) is 35.1 Å². The number of phenolic OH excluding ortho intramolecular Hbond substituents is 2. The first-order chi connectivity index (χ1) is 18.0. The number of phenols is 2. The minimum Gasteiger partial charge on any atom is -0.507 e. The van der Waals surface area contributed by atoms with Crippen LogP contribution < -0.4 is 4.74 Å². The Balaban J connectivity index is 1.66. The molecular weight excluding hydrogens is 496 g/mol. The van der Waals surface area contributed by atoms with Gasteiger partial charge in [-0.25, -0.2) is 0 Å². The lowest BCUT2D eigenvalue weighted by molar-refractivity contribution is -0.256. The van der Waals surface area contributed by atoms with Gasteiger partial charge < -0.3 is 39.7 Å². The first-order valence-electron chi connectivity index (χ1n) is 12.7. The van der Waals surface area contributed by atoms with Gasteiger partial charge in [-0.05, 0) is 25.3 Å². The van der Waals surface area contributed by atoms with Crippen LogP contribution in [-0.4, -0.2) is 74.9 Å². The molecule has 1 unspecified atom stereocenters. The summed E-state index contributed by atoms with van der Waals surface area (Å²) in [4.78, 5) is 27.2. The van der Waals surface area contributed by atoms with Gasteiger partial charge in [-0.15, -0.1) is 0 Å². The summed E-state index contributed by atoms with van der Waals surface area (Å²) in [5.74, 6) is -2.38. The van der Waals surface area contributed by atoms with Crippen molar-refractivity contribution in [3.8, 4) is 17.2 Å². The molecule has 1 fully saturated rings. The van der Waals surface area contributed by atoms with Crippen LogP contribution in [0, 0.1) is 5.92 Å². The predicted octanol–water partition coefficient (Wildman–Crippen LogP) is 2.13. The van der Waals surface area contributed by atoms with Crippen molar-refractivity contribution < 1.29 is 49.3 Å². The molecule has 2 aromatic carbocycles. The number of ketones is 2. The molecule has 10 nitrogen and oxygen atoms in total. The second-order valence-corrected chi connectivity index (χ2v) is 10.6. The molecule has 2 aromatic rings. The van der Waals surface area contributed by atoms with E-state index in [2.05, 4.69) is 0 Å². The van der Waals surface area contributed by atoms with E-state index in [-0.39, 0.29) is 70.9 Å². The monoisotopic (exact) mass is 528 g/mol. The summed E-state index contributed by atoms with van der Waals surface area (Å²) in [7, 11) is 1.36. The number of carbonyl (C=O) groups is 2. The van der Waals surface area contributed by atoms with Gasteiger partial charge in [0.1, 0.15) is 17.2 Å². The average Bonchev–Trinajstić information content (AvgIpc) is 2.87. The van der Waals surface area contributed by atoms with Crippen LogP contribution in [0.1, 0.15) is 82.2 Å². The number of hydrogen-bond donors (Lipinski definition) is 5. The number of rotatable bonds is 5. The summed E-state index contributed by atoms with van der Waals surface area (Å²) in [6.07, 6.45) is -3.05. The summed E-state index contributed by atoms with van der Waals surface area (Å²) in [6, 6.07) is 4.53. The number of ether oxygens (including phenoxy) is 3. The summed E-state index contributed by atoms with van der Waals surface area (Å²) in [6.45, 7) is 3.22. The Bertz CT molecular complexity index is 1290. The van der Waals surface area contributed by atoms with Gasteiger partial charge in [0.05, 0.1) is 47.7 Å². The van der Waals surface area contributed by atoms with E-state index in [0.29, 0.717) is 6.42 Å². The lowest BCUT2D eigenvalue weighted by atomic mass is 9.72. The zero-order valence-corrected chi connectivity index (χ0v) is 21.4. The fourth-order valence-electron chi connectivity index (χ4n) is 6.06. The maximum Gasteiger partial charge on any atom is 0.202 e. The molecule has 1 heterocycles. The number of benzene rings is 2. The minimum absolute atomic E-state index is 0.0144. The molecular formula is C28H32O10. The third kappa shape index (κ3) is 4.07.